The number of imidazole rings is 1. The van der Waals surface area contributed by atoms with Gasteiger partial charge in [0.2, 0.25) is 5.95 Å². The van der Waals surface area contributed by atoms with Crippen LogP contribution in [0.2, 0.25) is 0 Å². The molecule has 0 saturated carbocycles. The minimum Gasteiger partial charge on any atom is -0.372 e. The Kier molecular flexibility index (Phi) is 3.64. The van der Waals surface area contributed by atoms with Crippen molar-refractivity contribution in [2.75, 3.05) is 23.7 Å². The van der Waals surface area contributed by atoms with Crippen molar-refractivity contribution in [2.45, 2.75) is 26.7 Å². The van der Waals surface area contributed by atoms with Gasteiger partial charge in [-0.05, 0) is 49.9 Å². The number of fused-ring (bicyclic) bond motifs is 1. The third-order valence-electron chi connectivity index (χ3n) is 3.87. The molecule has 5 heteroatoms. The first-order valence-electron chi connectivity index (χ1n) is 7.41. The summed E-state index contributed by atoms with van der Waals surface area (Å²) in [4.78, 5) is 6.56. The summed E-state index contributed by atoms with van der Waals surface area (Å²) in [7, 11) is 0. The van der Waals surface area contributed by atoms with Gasteiger partial charge in [-0.2, -0.15) is 5.10 Å². The lowest BCUT2D eigenvalue weighted by molar-refractivity contribution is 0.708. The predicted molar refractivity (Wildman–Crippen MR) is 87.0 cm³/mol. The Balaban J connectivity index is 1.85. The molecule has 0 atom stereocenters. The highest BCUT2D eigenvalue weighted by molar-refractivity contribution is 5.81. The van der Waals surface area contributed by atoms with Gasteiger partial charge in [0.1, 0.15) is 0 Å². The molecule has 0 saturated heterocycles. The Morgan fingerprint density at radius 2 is 2.29 bits per heavy atom. The predicted octanol–water partition coefficient (Wildman–Crippen LogP) is 2.43. The lowest BCUT2D eigenvalue weighted by Crippen LogP contribution is -2.28. The van der Waals surface area contributed by atoms with Crippen molar-refractivity contribution in [2.24, 2.45) is 5.10 Å². The van der Waals surface area contributed by atoms with Crippen LogP contribution < -0.4 is 10.6 Å². The van der Waals surface area contributed by atoms with Gasteiger partial charge >= 0.3 is 0 Å². The number of nitrogen functional groups attached to an aromatic ring is 1. The molecule has 0 unspecified atom stereocenters. The number of aromatic nitrogens is 2. The molecular formula is C16H21N5. The Labute approximate surface area is 125 Å². The van der Waals surface area contributed by atoms with E-state index in [1.54, 1.807) is 4.68 Å². The van der Waals surface area contributed by atoms with Crippen molar-refractivity contribution in [3.05, 3.63) is 41.2 Å². The summed E-state index contributed by atoms with van der Waals surface area (Å²) in [5.41, 5.74) is 10.5. The molecule has 0 spiro atoms. The Hall–Kier alpha value is -2.30. The van der Waals surface area contributed by atoms with Crippen molar-refractivity contribution in [1.82, 2.24) is 9.66 Å². The highest BCUT2D eigenvalue weighted by atomic mass is 15.4. The summed E-state index contributed by atoms with van der Waals surface area (Å²) in [5.74, 6) is 0.416. The van der Waals surface area contributed by atoms with Gasteiger partial charge in [0, 0.05) is 18.8 Å². The van der Waals surface area contributed by atoms with Gasteiger partial charge in [-0.1, -0.05) is 6.07 Å². The van der Waals surface area contributed by atoms with Gasteiger partial charge in [0.05, 0.1) is 18.1 Å². The number of benzene rings is 1. The largest absolute Gasteiger partial charge is 0.372 e. The maximum Gasteiger partial charge on any atom is 0.221 e. The number of hydrogen-bond donors (Lipinski definition) is 1. The van der Waals surface area contributed by atoms with E-state index in [-0.39, 0.29) is 0 Å². The van der Waals surface area contributed by atoms with Gasteiger partial charge in [0.15, 0.2) is 0 Å². The zero-order valence-electron chi connectivity index (χ0n) is 12.6. The van der Waals surface area contributed by atoms with E-state index in [1.807, 2.05) is 19.3 Å². The van der Waals surface area contributed by atoms with E-state index >= 15 is 0 Å². The lowest BCUT2D eigenvalue weighted by Gasteiger charge is -2.30. The van der Waals surface area contributed by atoms with Crippen LogP contribution in [0.5, 0.6) is 0 Å². The maximum atomic E-state index is 5.78. The molecule has 0 aliphatic carbocycles. The van der Waals surface area contributed by atoms with Crippen LogP contribution >= 0.6 is 0 Å². The van der Waals surface area contributed by atoms with Crippen LogP contribution in [-0.4, -0.2) is 29.0 Å². The minimum absolute atomic E-state index is 0.416. The Bertz CT molecular complexity index is 671. The van der Waals surface area contributed by atoms with Crippen LogP contribution in [0, 0.1) is 6.92 Å². The summed E-state index contributed by atoms with van der Waals surface area (Å²) in [5, 5.41) is 4.38. The maximum absolute atomic E-state index is 5.78. The molecule has 3 rings (SSSR count). The first kappa shape index (κ1) is 13.7. The van der Waals surface area contributed by atoms with E-state index in [0.29, 0.717) is 5.95 Å². The summed E-state index contributed by atoms with van der Waals surface area (Å²) < 4.78 is 1.60. The van der Waals surface area contributed by atoms with E-state index in [4.69, 9.17) is 5.73 Å². The molecule has 2 aromatic rings. The Morgan fingerprint density at radius 3 is 3.00 bits per heavy atom. The van der Waals surface area contributed by atoms with Crippen LogP contribution in [0.4, 0.5) is 11.6 Å². The van der Waals surface area contributed by atoms with Gasteiger partial charge in [-0.15, -0.1) is 0 Å². The fourth-order valence-electron chi connectivity index (χ4n) is 2.83. The lowest BCUT2D eigenvalue weighted by atomic mass is 9.99. The fourth-order valence-corrected chi connectivity index (χ4v) is 2.83. The molecule has 0 fully saturated rings. The van der Waals surface area contributed by atoms with Crippen molar-refractivity contribution < 1.29 is 0 Å². The second-order valence-corrected chi connectivity index (χ2v) is 5.40. The van der Waals surface area contributed by atoms with Crippen LogP contribution in [-0.2, 0) is 6.42 Å². The number of rotatable bonds is 3. The van der Waals surface area contributed by atoms with E-state index in [1.165, 1.54) is 17.7 Å². The second kappa shape index (κ2) is 5.60. The van der Waals surface area contributed by atoms with Gasteiger partial charge < -0.3 is 10.6 Å². The number of anilines is 2. The summed E-state index contributed by atoms with van der Waals surface area (Å²) in [6.07, 6.45) is 6.01. The molecule has 2 N–H and O–H groups in total. The van der Waals surface area contributed by atoms with Gasteiger partial charge in [-0.3, -0.25) is 0 Å². The first-order chi connectivity index (χ1) is 10.2. The number of hydrogen-bond acceptors (Lipinski definition) is 4. The SMILES string of the molecule is CCN1CCCc2cc(C=Nn3cc(C)nc3N)ccc21. The molecule has 0 amide bonds. The van der Waals surface area contributed by atoms with Crippen LogP contribution in [0.3, 0.4) is 0 Å². The van der Waals surface area contributed by atoms with Gasteiger partial charge in [0.25, 0.3) is 0 Å². The number of aryl methyl sites for hydroxylation is 2. The van der Waals surface area contributed by atoms with Crippen molar-refractivity contribution in [3.8, 4) is 0 Å². The summed E-state index contributed by atoms with van der Waals surface area (Å²) in [6.45, 7) is 6.32. The van der Waals surface area contributed by atoms with Gasteiger partial charge in [-0.25, -0.2) is 9.66 Å². The molecular weight excluding hydrogens is 262 g/mol. The standard InChI is InChI=1S/C16H21N5/c1-3-20-8-4-5-14-9-13(6-7-15(14)20)10-18-21-11-12(2)19-16(21)17/h6-7,9-11H,3-5,8H2,1-2H3,(H2,17,19). The molecule has 5 nitrogen and oxygen atoms in total. The summed E-state index contributed by atoms with van der Waals surface area (Å²) >= 11 is 0. The van der Waals surface area contributed by atoms with E-state index in [9.17, 15) is 0 Å². The molecule has 1 aromatic heterocycles. The van der Waals surface area contributed by atoms with Crippen molar-refractivity contribution >= 4 is 17.9 Å². The van der Waals surface area contributed by atoms with E-state index in [2.05, 4.69) is 40.1 Å². The zero-order chi connectivity index (χ0) is 14.8. The monoisotopic (exact) mass is 283 g/mol. The van der Waals surface area contributed by atoms with Crippen molar-refractivity contribution in [3.63, 3.8) is 0 Å². The highest BCUT2D eigenvalue weighted by Crippen LogP contribution is 2.27. The zero-order valence-corrected chi connectivity index (χ0v) is 12.6. The second-order valence-electron chi connectivity index (χ2n) is 5.40. The van der Waals surface area contributed by atoms with Crippen LogP contribution in [0.1, 0.15) is 30.2 Å². The molecule has 2 heterocycles. The topological polar surface area (TPSA) is 59.4 Å². The molecule has 110 valence electrons. The normalized spacial score (nSPS) is 14.7. The molecule has 1 aromatic carbocycles. The minimum atomic E-state index is 0.416. The average molecular weight is 283 g/mol. The third kappa shape index (κ3) is 2.77. The van der Waals surface area contributed by atoms with Crippen LogP contribution in [0.25, 0.3) is 0 Å². The van der Waals surface area contributed by atoms with E-state index in [0.717, 1.165) is 30.8 Å². The fraction of sp³-hybridized carbons (Fsp3) is 0.375. The van der Waals surface area contributed by atoms with Crippen LogP contribution in [0.15, 0.2) is 29.5 Å². The number of nitrogens with two attached hydrogens (primary N) is 1. The average Bonchev–Trinajstić information content (AvgIpc) is 2.82. The molecule has 1 aliphatic heterocycles. The Morgan fingerprint density at radius 1 is 1.43 bits per heavy atom. The molecule has 1 aliphatic rings. The molecule has 0 radical (unpaired) electrons. The first-order valence-corrected chi connectivity index (χ1v) is 7.41. The molecule has 0 bridgehead atoms. The quantitative estimate of drug-likeness (QED) is 0.880. The van der Waals surface area contributed by atoms with Crippen molar-refractivity contribution in [1.29, 1.82) is 0 Å². The smallest absolute Gasteiger partial charge is 0.221 e. The summed E-state index contributed by atoms with van der Waals surface area (Å²) in [6, 6.07) is 6.53. The molecule has 21 heavy (non-hydrogen) atoms. The van der Waals surface area contributed by atoms with E-state index < -0.39 is 0 Å². The number of nitrogens with zero attached hydrogens (tertiary/aromatic N) is 4. The highest BCUT2D eigenvalue weighted by Gasteiger charge is 2.15. The third-order valence-corrected chi connectivity index (χ3v) is 3.87.